The molecule has 0 saturated carbocycles. The number of carbonyl (C=O) groups excluding carboxylic acids is 1. The summed E-state index contributed by atoms with van der Waals surface area (Å²) in [7, 11) is 1.59. The van der Waals surface area contributed by atoms with Crippen molar-refractivity contribution in [2.24, 2.45) is 0 Å². The van der Waals surface area contributed by atoms with Gasteiger partial charge in [-0.1, -0.05) is 54.6 Å². The maximum Gasteiger partial charge on any atom is 0.262 e. The SMILES string of the molecule is COc1cc(CNC(C)c2ccccc2)ccc1OCC(=O)Nc1ccccc1.Cl. The van der Waals surface area contributed by atoms with Crippen LogP contribution < -0.4 is 20.1 Å². The van der Waals surface area contributed by atoms with Crippen LogP contribution in [-0.2, 0) is 11.3 Å². The van der Waals surface area contributed by atoms with Crippen LogP contribution in [0.15, 0.2) is 78.9 Å². The first kappa shape index (κ1) is 23.3. The van der Waals surface area contributed by atoms with E-state index in [4.69, 9.17) is 9.47 Å². The molecule has 0 radical (unpaired) electrons. The van der Waals surface area contributed by atoms with Crippen LogP contribution >= 0.6 is 12.4 Å². The van der Waals surface area contributed by atoms with E-state index in [2.05, 4.69) is 29.7 Å². The van der Waals surface area contributed by atoms with E-state index in [1.54, 1.807) is 7.11 Å². The van der Waals surface area contributed by atoms with Gasteiger partial charge in [0.05, 0.1) is 7.11 Å². The van der Waals surface area contributed by atoms with Gasteiger partial charge in [0, 0.05) is 18.3 Å². The summed E-state index contributed by atoms with van der Waals surface area (Å²) in [5.41, 5.74) is 3.05. The standard InChI is InChI=1S/C24H26N2O3.ClH/c1-18(20-9-5-3-6-10-20)25-16-19-13-14-22(23(15-19)28-2)29-17-24(27)26-21-11-7-4-8-12-21;/h3-15,18,25H,16-17H2,1-2H3,(H,26,27);1H. The summed E-state index contributed by atoms with van der Waals surface area (Å²) in [6, 6.07) is 25.6. The van der Waals surface area contributed by atoms with Crippen LogP contribution in [0.5, 0.6) is 11.5 Å². The summed E-state index contributed by atoms with van der Waals surface area (Å²) in [4.78, 5) is 12.1. The van der Waals surface area contributed by atoms with Gasteiger partial charge in [0.15, 0.2) is 18.1 Å². The van der Waals surface area contributed by atoms with Crippen molar-refractivity contribution in [3.8, 4) is 11.5 Å². The average molecular weight is 427 g/mol. The van der Waals surface area contributed by atoms with Crippen molar-refractivity contribution < 1.29 is 14.3 Å². The number of ether oxygens (including phenoxy) is 2. The van der Waals surface area contributed by atoms with Crippen molar-refractivity contribution in [2.75, 3.05) is 19.0 Å². The number of halogens is 1. The fourth-order valence-electron chi connectivity index (χ4n) is 2.93. The molecule has 0 saturated heterocycles. The molecule has 0 aliphatic rings. The van der Waals surface area contributed by atoms with Crippen molar-refractivity contribution in [2.45, 2.75) is 19.5 Å². The smallest absolute Gasteiger partial charge is 0.262 e. The van der Waals surface area contributed by atoms with E-state index in [0.717, 1.165) is 11.3 Å². The number of nitrogens with one attached hydrogen (secondary N) is 2. The third-order valence-corrected chi connectivity index (χ3v) is 4.56. The maximum atomic E-state index is 12.1. The van der Waals surface area contributed by atoms with Crippen molar-refractivity contribution in [3.63, 3.8) is 0 Å². The van der Waals surface area contributed by atoms with Gasteiger partial charge in [0.1, 0.15) is 0 Å². The zero-order valence-electron chi connectivity index (χ0n) is 17.1. The highest BCUT2D eigenvalue weighted by Crippen LogP contribution is 2.28. The van der Waals surface area contributed by atoms with E-state index < -0.39 is 0 Å². The molecule has 0 heterocycles. The average Bonchev–Trinajstić information content (AvgIpc) is 2.77. The van der Waals surface area contributed by atoms with Crippen LogP contribution in [0.1, 0.15) is 24.1 Å². The second-order valence-electron chi connectivity index (χ2n) is 6.70. The van der Waals surface area contributed by atoms with Gasteiger partial charge >= 0.3 is 0 Å². The summed E-state index contributed by atoms with van der Waals surface area (Å²) in [5.74, 6) is 0.917. The minimum absolute atomic E-state index is 0. The maximum absolute atomic E-state index is 12.1. The molecule has 0 bridgehead atoms. The molecule has 3 rings (SSSR count). The topological polar surface area (TPSA) is 59.6 Å². The van der Waals surface area contributed by atoms with E-state index in [9.17, 15) is 4.79 Å². The summed E-state index contributed by atoms with van der Waals surface area (Å²) >= 11 is 0. The van der Waals surface area contributed by atoms with E-state index in [1.165, 1.54) is 5.56 Å². The zero-order valence-corrected chi connectivity index (χ0v) is 17.9. The lowest BCUT2D eigenvalue weighted by atomic mass is 10.1. The third-order valence-electron chi connectivity index (χ3n) is 4.56. The number of hydrogen-bond donors (Lipinski definition) is 2. The Morgan fingerprint density at radius 1 is 0.933 bits per heavy atom. The highest BCUT2D eigenvalue weighted by Gasteiger charge is 2.10. The summed E-state index contributed by atoms with van der Waals surface area (Å²) in [6.45, 7) is 2.74. The highest BCUT2D eigenvalue weighted by molar-refractivity contribution is 5.91. The third kappa shape index (κ3) is 6.79. The molecular weight excluding hydrogens is 400 g/mol. The highest BCUT2D eigenvalue weighted by atomic mass is 35.5. The number of rotatable bonds is 9. The number of methoxy groups -OCH3 is 1. The lowest BCUT2D eigenvalue weighted by Gasteiger charge is -2.16. The fraction of sp³-hybridized carbons (Fsp3) is 0.208. The van der Waals surface area contributed by atoms with Gasteiger partial charge in [-0.15, -0.1) is 12.4 Å². The molecule has 1 unspecified atom stereocenters. The molecule has 30 heavy (non-hydrogen) atoms. The summed E-state index contributed by atoms with van der Waals surface area (Å²) in [5, 5.41) is 6.30. The first-order chi connectivity index (χ1) is 14.2. The Kier molecular flexibility index (Phi) is 9.19. The first-order valence-corrected chi connectivity index (χ1v) is 9.58. The number of carbonyl (C=O) groups is 1. The van der Waals surface area contributed by atoms with Gasteiger partial charge in [-0.3, -0.25) is 4.79 Å². The number of hydrogen-bond acceptors (Lipinski definition) is 4. The Hall–Kier alpha value is -3.02. The van der Waals surface area contributed by atoms with Crippen LogP contribution in [0, 0.1) is 0 Å². The molecule has 0 spiro atoms. The lowest BCUT2D eigenvalue weighted by molar-refractivity contribution is -0.118. The quantitative estimate of drug-likeness (QED) is 0.506. The number of anilines is 1. The molecule has 1 amide bonds. The van der Waals surface area contributed by atoms with Crippen LogP contribution in [0.3, 0.4) is 0 Å². The number of para-hydroxylation sites is 1. The molecular formula is C24H27ClN2O3. The molecule has 0 aliphatic heterocycles. The Balaban J connectivity index is 0.00000320. The molecule has 0 aliphatic carbocycles. The van der Waals surface area contributed by atoms with Gasteiger partial charge in [-0.2, -0.15) is 0 Å². The van der Waals surface area contributed by atoms with E-state index in [1.807, 2.05) is 66.7 Å². The largest absolute Gasteiger partial charge is 0.493 e. The van der Waals surface area contributed by atoms with Gasteiger partial charge in [0.25, 0.3) is 5.91 Å². The molecule has 6 heteroatoms. The number of benzene rings is 3. The molecule has 1 atom stereocenters. The fourth-order valence-corrected chi connectivity index (χ4v) is 2.93. The van der Waals surface area contributed by atoms with Gasteiger partial charge in [0.2, 0.25) is 0 Å². The van der Waals surface area contributed by atoms with Crippen molar-refractivity contribution in [3.05, 3.63) is 90.0 Å². The van der Waals surface area contributed by atoms with Crippen molar-refractivity contribution in [1.29, 1.82) is 0 Å². The lowest BCUT2D eigenvalue weighted by Crippen LogP contribution is -2.20. The molecule has 0 aromatic heterocycles. The predicted octanol–water partition coefficient (Wildman–Crippen LogP) is 4.99. The molecule has 2 N–H and O–H groups in total. The molecule has 5 nitrogen and oxygen atoms in total. The molecule has 0 fully saturated rings. The normalized spacial score (nSPS) is 11.1. The van der Waals surface area contributed by atoms with Crippen molar-refractivity contribution in [1.82, 2.24) is 5.32 Å². The van der Waals surface area contributed by atoms with Crippen LogP contribution in [0.4, 0.5) is 5.69 Å². The second-order valence-corrected chi connectivity index (χ2v) is 6.70. The number of amides is 1. The molecule has 3 aromatic rings. The molecule has 158 valence electrons. The zero-order chi connectivity index (χ0) is 20.5. The van der Waals surface area contributed by atoms with E-state index in [0.29, 0.717) is 18.0 Å². The minimum Gasteiger partial charge on any atom is -0.493 e. The monoisotopic (exact) mass is 426 g/mol. The first-order valence-electron chi connectivity index (χ1n) is 9.58. The Bertz CT molecular complexity index is 920. The molecule has 3 aromatic carbocycles. The van der Waals surface area contributed by atoms with Crippen molar-refractivity contribution >= 4 is 24.0 Å². The van der Waals surface area contributed by atoms with E-state index in [-0.39, 0.29) is 31.0 Å². The van der Waals surface area contributed by atoms with Gasteiger partial charge in [-0.25, -0.2) is 0 Å². The second kappa shape index (κ2) is 11.9. The Labute approximate surface area is 183 Å². The van der Waals surface area contributed by atoms with Crippen LogP contribution in [-0.4, -0.2) is 19.6 Å². The predicted molar refractivity (Wildman–Crippen MR) is 123 cm³/mol. The Morgan fingerprint density at radius 3 is 2.27 bits per heavy atom. The van der Waals surface area contributed by atoms with Crippen LogP contribution in [0.2, 0.25) is 0 Å². The van der Waals surface area contributed by atoms with E-state index >= 15 is 0 Å². The van der Waals surface area contributed by atoms with Crippen LogP contribution in [0.25, 0.3) is 0 Å². The summed E-state index contributed by atoms with van der Waals surface area (Å²) in [6.07, 6.45) is 0. The minimum atomic E-state index is -0.222. The Morgan fingerprint density at radius 2 is 1.60 bits per heavy atom. The van der Waals surface area contributed by atoms with Gasteiger partial charge in [-0.05, 0) is 42.3 Å². The summed E-state index contributed by atoms with van der Waals surface area (Å²) < 4.78 is 11.1. The van der Waals surface area contributed by atoms with Gasteiger partial charge < -0.3 is 20.1 Å².